The number of aromatic nitrogens is 1. The smallest absolute Gasteiger partial charge is 0.399 e. The van der Waals surface area contributed by atoms with E-state index in [1.54, 1.807) is 6.92 Å². The summed E-state index contributed by atoms with van der Waals surface area (Å²) in [5.74, 6) is 0.141. The summed E-state index contributed by atoms with van der Waals surface area (Å²) in [4.78, 5) is 15.5. The third-order valence-electron chi connectivity index (χ3n) is 4.00. The Morgan fingerprint density at radius 3 is 3.00 bits per heavy atom. The van der Waals surface area contributed by atoms with Crippen molar-refractivity contribution in [3.8, 4) is 11.8 Å². The van der Waals surface area contributed by atoms with Gasteiger partial charge in [0.05, 0.1) is 6.61 Å². The Kier molecular flexibility index (Phi) is 3.64. The molecule has 1 aromatic heterocycles. The molecule has 0 atom stereocenters. The SMILES string of the molecule is CCOC(=O)c1coc(Oc2ccc3c(c2)C(C)(C)CC3)n1. The number of fused-ring (bicyclic) bond motifs is 1. The zero-order valence-corrected chi connectivity index (χ0v) is 13.0. The van der Waals surface area contributed by atoms with Crippen molar-refractivity contribution >= 4 is 5.97 Å². The van der Waals surface area contributed by atoms with Crippen molar-refractivity contribution in [2.24, 2.45) is 0 Å². The Morgan fingerprint density at radius 2 is 2.23 bits per heavy atom. The Bertz CT molecular complexity index is 702. The van der Waals surface area contributed by atoms with Crippen LogP contribution in [-0.2, 0) is 16.6 Å². The fourth-order valence-electron chi connectivity index (χ4n) is 2.75. The van der Waals surface area contributed by atoms with Crippen molar-refractivity contribution in [3.63, 3.8) is 0 Å². The molecule has 22 heavy (non-hydrogen) atoms. The van der Waals surface area contributed by atoms with E-state index in [-0.39, 0.29) is 17.2 Å². The summed E-state index contributed by atoms with van der Waals surface area (Å²) in [6.07, 6.45) is 3.51. The Labute approximate surface area is 129 Å². The predicted molar refractivity (Wildman–Crippen MR) is 80.3 cm³/mol. The minimum atomic E-state index is -0.517. The highest BCUT2D eigenvalue weighted by atomic mass is 16.6. The Morgan fingerprint density at radius 1 is 1.41 bits per heavy atom. The molecule has 2 aromatic rings. The van der Waals surface area contributed by atoms with Crippen LogP contribution >= 0.6 is 0 Å². The largest absolute Gasteiger partial charge is 0.461 e. The van der Waals surface area contributed by atoms with Gasteiger partial charge in [0.2, 0.25) is 0 Å². The lowest BCUT2D eigenvalue weighted by Gasteiger charge is -2.19. The molecule has 5 nitrogen and oxygen atoms in total. The normalized spacial score (nSPS) is 15.4. The topological polar surface area (TPSA) is 61.6 Å². The zero-order chi connectivity index (χ0) is 15.7. The molecule has 0 unspecified atom stereocenters. The van der Waals surface area contributed by atoms with Crippen LogP contribution in [0.25, 0.3) is 0 Å². The van der Waals surface area contributed by atoms with Crippen LogP contribution in [0.4, 0.5) is 0 Å². The summed E-state index contributed by atoms with van der Waals surface area (Å²) in [5, 5.41) is 0. The number of carbonyl (C=O) groups excluding carboxylic acids is 1. The number of aryl methyl sites for hydroxylation is 1. The molecule has 0 fully saturated rings. The van der Waals surface area contributed by atoms with Gasteiger partial charge in [0.25, 0.3) is 0 Å². The molecule has 0 saturated heterocycles. The van der Waals surface area contributed by atoms with Gasteiger partial charge in [-0.1, -0.05) is 19.9 Å². The van der Waals surface area contributed by atoms with Gasteiger partial charge < -0.3 is 13.9 Å². The van der Waals surface area contributed by atoms with Gasteiger partial charge in [0, 0.05) is 0 Å². The number of hydrogen-bond donors (Lipinski definition) is 0. The molecule has 0 amide bonds. The molecule has 116 valence electrons. The van der Waals surface area contributed by atoms with Crippen LogP contribution in [0.15, 0.2) is 28.9 Å². The average Bonchev–Trinajstić information content (AvgIpc) is 3.05. The van der Waals surface area contributed by atoms with Crippen molar-refractivity contribution in [2.45, 2.75) is 39.0 Å². The van der Waals surface area contributed by atoms with Crippen LogP contribution in [0.1, 0.15) is 48.8 Å². The molecule has 1 aromatic carbocycles. The highest BCUT2D eigenvalue weighted by Crippen LogP contribution is 2.40. The van der Waals surface area contributed by atoms with E-state index >= 15 is 0 Å². The fourth-order valence-corrected chi connectivity index (χ4v) is 2.75. The molecule has 0 aliphatic heterocycles. The van der Waals surface area contributed by atoms with Crippen LogP contribution in [-0.4, -0.2) is 17.6 Å². The number of ether oxygens (including phenoxy) is 2. The van der Waals surface area contributed by atoms with E-state index in [1.165, 1.54) is 17.4 Å². The second-order valence-electron chi connectivity index (χ2n) is 6.02. The van der Waals surface area contributed by atoms with Crippen LogP contribution < -0.4 is 4.74 Å². The Hall–Kier alpha value is -2.30. The predicted octanol–water partition coefficient (Wildman–Crippen LogP) is 3.87. The average molecular weight is 301 g/mol. The van der Waals surface area contributed by atoms with E-state index in [0.29, 0.717) is 12.4 Å². The zero-order valence-electron chi connectivity index (χ0n) is 13.0. The van der Waals surface area contributed by atoms with Gasteiger partial charge >= 0.3 is 12.0 Å². The first-order valence-corrected chi connectivity index (χ1v) is 7.43. The van der Waals surface area contributed by atoms with Crippen LogP contribution in [0, 0.1) is 0 Å². The molecule has 5 heteroatoms. The maximum Gasteiger partial charge on any atom is 0.399 e. The highest BCUT2D eigenvalue weighted by Gasteiger charge is 2.30. The van der Waals surface area contributed by atoms with E-state index in [1.807, 2.05) is 12.1 Å². The van der Waals surface area contributed by atoms with E-state index in [0.717, 1.165) is 12.8 Å². The minimum Gasteiger partial charge on any atom is -0.461 e. The number of rotatable bonds is 4. The summed E-state index contributed by atoms with van der Waals surface area (Å²) in [5.41, 5.74) is 2.92. The molecule has 1 aliphatic rings. The molecule has 0 spiro atoms. The second-order valence-corrected chi connectivity index (χ2v) is 6.02. The first kappa shape index (κ1) is 14.6. The molecule has 1 aliphatic carbocycles. The van der Waals surface area contributed by atoms with Crippen molar-refractivity contribution in [1.29, 1.82) is 0 Å². The standard InChI is InChI=1S/C17H19NO4/c1-4-20-15(19)14-10-21-16(18-14)22-12-6-5-11-7-8-17(2,3)13(11)9-12/h5-6,9-10H,4,7-8H2,1-3H3. The van der Waals surface area contributed by atoms with Crippen molar-refractivity contribution < 1.29 is 18.7 Å². The van der Waals surface area contributed by atoms with E-state index in [4.69, 9.17) is 13.9 Å². The second kappa shape index (κ2) is 5.48. The van der Waals surface area contributed by atoms with Crippen molar-refractivity contribution in [1.82, 2.24) is 4.98 Å². The lowest BCUT2D eigenvalue weighted by Crippen LogP contribution is -2.11. The third-order valence-corrected chi connectivity index (χ3v) is 4.00. The first-order valence-electron chi connectivity index (χ1n) is 7.43. The molecular formula is C17H19NO4. The summed E-state index contributed by atoms with van der Waals surface area (Å²) in [6.45, 7) is 6.49. The number of esters is 1. The van der Waals surface area contributed by atoms with Gasteiger partial charge in [-0.05, 0) is 48.4 Å². The number of carbonyl (C=O) groups is 1. The molecule has 0 bridgehead atoms. The van der Waals surface area contributed by atoms with Crippen molar-refractivity contribution in [2.75, 3.05) is 6.61 Å². The summed E-state index contributed by atoms with van der Waals surface area (Å²) >= 11 is 0. The van der Waals surface area contributed by atoms with Crippen LogP contribution in [0.2, 0.25) is 0 Å². The monoisotopic (exact) mass is 301 g/mol. The Balaban J connectivity index is 1.79. The molecule has 0 N–H and O–H groups in total. The van der Waals surface area contributed by atoms with Crippen LogP contribution in [0.3, 0.4) is 0 Å². The van der Waals surface area contributed by atoms with E-state index in [9.17, 15) is 4.79 Å². The van der Waals surface area contributed by atoms with E-state index in [2.05, 4.69) is 24.9 Å². The third kappa shape index (κ3) is 2.71. The highest BCUT2D eigenvalue weighted by molar-refractivity contribution is 5.86. The van der Waals surface area contributed by atoms with Crippen LogP contribution in [0.5, 0.6) is 11.8 Å². The van der Waals surface area contributed by atoms with Crippen molar-refractivity contribution in [3.05, 3.63) is 41.3 Å². The quantitative estimate of drug-likeness (QED) is 0.802. The lowest BCUT2D eigenvalue weighted by molar-refractivity contribution is 0.0519. The number of benzene rings is 1. The van der Waals surface area contributed by atoms with E-state index < -0.39 is 5.97 Å². The lowest BCUT2D eigenvalue weighted by atomic mass is 9.86. The number of nitrogens with zero attached hydrogens (tertiary/aromatic N) is 1. The maximum atomic E-state index is 11.5. The van der Waals surface area contributed by atoms with Gasteiger partial charge in [-0.3, -0.25) is 0 Å². The molecular weight excluding hydrogens is 282 g/mol. The molecule has 1 heterocycles. The molecule has 3 rings (SSSR count). The number of hydrogen-bond acceptors (Lipinski definition) is 5. The van der Waals surface area contributed by atoms with Gasteiger partial charge in [0.1, 0.15) is 12.0 Å². The molecule has 0 radical (unpaired) electrons. The van der Waals surface area contributed by atoms with Gasteiger partial charge in [0.15, 0.2) is 5.69 Å². The maximum absolute atomic E-state index is 11.5. The van der Waals surface area contributed by atoms with Gasteiger partial charge in [-0.15, -0.1) is 0 Å². The van der Waals surface area contributed by atoms with Gasteiger partial charge in [-0.2, -0.15) is 4.98 Å². The molecule has 0 saturated carbocycles. The summed E-state index contributed by atoms with van der Waals surface area (Å²) in [6, 6.07) is 6.00. The number of oxazole rings is 1. The minimum absolute atomic E-state index is 0.0406. The fraction of sp³-hybridized carbons (Fsp3) is 0.412. The summed E-state index contributed by atoms with van der Waals surface area (Å²) in [7, 11) is 0. The summed E-state index contributed by atoms with van der Waals surface area (Å²) < 4.78 is 15.7. The first-order chi connectivity index (χ1) is 10.5. The van der Waals surface area contributed by atoms with Gasteiger partial charge in [-0.25, -0.2) is 4.79 Å².